The first-order valence-electron chi connectivity index (χ1n) is 4.89. The van der Waals surface area contributed by atoms with Crippen LogP contribution in [0.4, 0.5) is 0 Å². The van der Waals surface area contributed by atoms with Crippen molar-refractivity contribution in [2.45, 2.75) is 0 Å². The van der Waals surface area contributed by atoms with Gasteiger partial charge in [0.1, 0.15) is 5.75 Å². The van der Waals surface area contributed by atoms with Crippen LogP contribution in [-0.4, -0.2) is 5.11 Å². The van der Waals surface area contributed by atoms with E-state index in [2.05, 4.69) is 18.7 Å². The lowest BCUT2D eigenvalue weighted by atomic mass is 10.1. The molecule has 2 aromatic rings. The van der Waals surface area contributed by atoms with Gasteiger partial charge in [-0.1, -0.05) is 43.0 Å². The molecule has 0 unspecified atom stereocenters. The van der Waals surface area contributed by atoms with E-state index in [1.807, 2.05) is 30.3 Å². The first-order valence-corrected chi connectivity index (χ1v) is 4.89. The van der Waals surface area contributed by atoms with Gasteiger partial charge in [-0.15, -0.1) is 0 Å². The van der Waals surface area contributed by atoms with E-state index in [4.69, 9.17) is 0 Å². The molecule has 2 aromatic carbocycles. The van der Waals surface area contributed by atoms with Gasteiger partial charge in [-0.3, -0.25) is 0 Å². The smallest absolute Gasteiger partial charge is 0.130 e. The van der Waals surface area contributed by atoms with Crippen molar-refractivity contribution in [2.75, 3.05) is 0 Å². The second-order valence-corrected chi connectivity index (χ2v) is 3.77. The highest BCUT2D eigenvalue weighted by atomic mass is 16.3. The average Bonchev–Trinajstić information content (AvgIpc) is 2.63. The Labute approximate surface area is 86.9 Å². The van der Waals surface area contributed by atoms with E-state index in [9.17, 15) is 5.11 Å². The zero-order valence-corrected chi connectivity index (χ0v) is 8.20. The van der Waals surface area contributed by atoms with Crippen molar-refractivity contribution in [3.8, 4) is 5.75 Å². The van der Waals surface area contributed by atoms with Crippen molar-refractivity contribution in [1.29, 1.82) is 0 Å². The van der Waals surface area contributed by atoms with Gasteiger partial charge in [0.2, 0.25) is 0 Å². The Kier molecular flexibility index (Phi) is 1.51. The molecule has 0 saturated heterocycles. The predicted octanol–water partition coefficient (Wildman–Crippen LogP) is 1.23. The van der Waals surface area contributed by atoms with Crippen LogP contribution in [0, 0.1) is 10.4 Å². The van der Waals surface area contributed by atoms with E-state index in [-0.39, 0.29) is 0 Å². The topological polar surface area (TPSA) is 20.2 Å². The molecule has 1 aliphatic rings. The molecule has 0 fully saturated rings. The van der Waals surface area contributed by atoms with E-state index in [1.165, 1.54) is 5.22 Å². The summed E-state index contributed by atoms with van der Waals surface area (Å²) in [6, 6.07) is 12.0. The Balaban J connectivity index is 2.68. The molecule has 0 spiro atoms. The van der Waals surface area contributed by atoms with Crippen molar-refractivity contribution in [3.05, 3.63) is 62.8 Å². The Morgan fingerprint density at radius 2 is 1.73 bits per heavy atom. The van der Waals surface area contributed by atoms with Crippen LogP contribution < -0.4 is 10.4 Å². The predicted molar refractivity (Wildman–Crippen MR) is 60.6 cm³/mol. The van der Waals surface area contributed by atoms with E-state index < -0.39 is 0 Å². The van der Waals surface area contributed by atoms with Crippen LogP contribution in [0.5, 0.6) is 5.75 Å². The molecule has 72 valence electrons. The number of hydrogen-bond donors (Lipinski definition) is 1. The summed E-state index contributed by atoms with van der Waals surface area (Å²) in [6.45, 7) is 3.79. The highest BCUT2D eigenvalue weighted by Gasteiger charge is 2.06. The molecule has 0 heterocycles. The third-order valence-electron chi connectivity index (χ3n) is 2.85. The molecule has 1 aliphatic carbocycles. The summed E-state index contributed by atoms with van der Waals surface area (Å²) in [6.07, 6.45) is 2.01. The highest BCUT2D eigenvalue weighted by Crippen LogP contribution is 2.17. The molecular weight excluding hydrogens is 184 g/mol. The quantitative estimate of drug-likeness (QED) is 0.570. The number of rotatable bonds is 0. The zero-order valence-electron chi connectivity index (χ0n) is 8.20. The Morgan fingerprint density at radius 1 is 0.933 bits per heavy atom. The second-order valence-electron chi connectivity index (χ2n) is 3.77. The molecule has 0 aromatic heterocycles. The molecule has 15 heavy (non-hydrogen) atoms. The highest BCUT2D eigenvalue weighted by molar-refractivity contribution is 5.62. The first kappa shape index (κ1) is 8.30. The third-order valence-corrected chi connectivity index (χ3v) is 2.85. The van der Waals surface area contributed by atoms with Gasteiger partial charge < -0.3 is 5.11 Å². The van der Waals surface area contributed by atoms with Gasteiger partial charge in [-0.25, -0.2) is 0 Å². The van der Waals surface area contributed by atoms with E-state index in [0.29, 0.717) is 11.0 Å². The van der Waals surface area contributed by atoms with E-state index >= 15 is 0 Å². The van der Waals surface area contributed by atoms with E-state index in [1.54, 1.807) is 0 Å². The molecule has 1 nitrogen and oxygen atoms in total. The van der Waals surface area contributed by atoms with Gasteiger partial charge in [-0.05, 0) is 21.7 Å². The van der Waals surface area contributed by atoms with Crippen LogP contribution in [0.1, 0.15) is 5.56 Å². The molecule has 1 N–H and O–H groups in total. The molecule has 0 saturated carbocycles. The first-order chi connectivity index (χ1) is 7.27. The number of aromatic hydroxyl groups is 1. The molecular formula is C14H10O. The van der Waals surface area contributed by atoms with Gasteiger partial charge in [-0.2, -0.15) is 0 Å². The Morgan fingerprint density at radius 3 is 2.60 bits per heavy atom. The van der Waals surface area contributed by atoms with Gasteiger partial charge in [0.05, 0.1) is 0 Å². The monoisotopic (exact) mass is 194 g/mol. The van der Waals surface area contributed by atoms with Crippen LogP contribution in [0.3, 0.4) is 0 Å². The molecule has 0 amide bonds. The maximum absolute atomic E-state index is 9.90. The fourth-order valence-electron chi connectivity index (χ4n) is 2.06. The van der Waals surface area contributed by atoms with Crippen LogP contribution in [0.2, 0.25) is 0 Å². The summed E-state index contributed by atoms with van der Waals surface area (Å²) >= 11 is 0. The number of benzene rings is 2. The summed E-state index contributed by atoms with van der Waals surface area (Å²) in [5, 5.41) is 14.0. The summed E-state index contributed by atoms with van der Waals surface area (Å²) in [5.41, 5.74) is 0.892. The van der Waals surface area contributed by atoms with Crippen LogP contribution in [0.25, 0.3) is 12.7 Å². The number of phenols is 1. The van der Waals surface area contributed by atoms with Crippen molar-refractivity contribution >= 4 is 12.7 Å². The summed E-state index contributed by atoms with van der Waals surface area (Å²) in [4.78, 5) is 0. The minimum Gasteiger partial charge on any atom is -0.507 e. The van der Waals surface area contributed by atoms with Crippen molar-refractivity contribution in [3.63, 3.8) is 0 Å². The number of fused-ring (bicyclic) bond motifs is 2. The number of hydrogen-bond acceptors (Lipinski definition) is 1. The van der Waals surface area contributed by atoms with Gasteiger partial charge in [0.15, 0.2) is 0 Å². The zero-order chi connectivity index (χ0) is 10.4. The minimum atomic E-state index is 0.295. The fourth-order valence-corrected chi connectivity index (χ4v) is 2.06. The SMILES string of the molecule is C=c1ccc2c(c1O)C=c1ccccc1=2. The Bertz CT molecular complexity index is 742. The molecule has 0 atom stereocenters. The Hall–Kier alpha value is -2.02. The van der Waals surface area contributed by atoms with Crippen LogP contribution in [0.15, 0.2) is 36.4 Å². The van der Waals surface area contributed by atoms with Crippen LogP contribution in [-0.2, 0) is 0 Å². The average molecular weight is 194 g/mol. The fraction of sp³-hybridized carbons (Fsp3) is 0. The third kappa shape index (κ3) is 1.03. The summed E-state index contributed by atoms with van der Waals surface area (Å²) in [7, 11) is 0. The molecule has 3 rings (SSSR count). The second kappa shape index (κ2) is 2.74. The maximum atomic E-state index is 9.90. The van der Waals surface area contributed by atoms with Crippen molar-refractivity contribution in [1.82, 2.24) is 0 Å². The van der Waals surface area contributed by atoms with Gasteiger partial charge in [0, 0.05) is 10.8 Å². The van der Waals surface area contributed by atoms with E-state index in [0.717, 1.165) is 16.0 Å². The van der Waals surface area contributed by atoms with Gasteiger partial charge in [0.25, 0.3) is 0 Å². The molecule has 0 radical (unpaired) electrons. The lowest BCUT2D eigenvalue weighted by Crippen LogP contribution is -1.98. The molecule has 0 bridgehead atoms. The standard InChI is InChI=1S/C14H10O/c1-9-6-7-12-11-5-3-2-4-10(11)8-13(12)14(9)15/h2-8,15H,1H2. The lowest BCUT2D eigenvalue weighted by Gasteiger charge is -1.97. The molecule has 1 heteroatoms. The minimum absolute atomic E-state index is 0.295. The summed E-state index contributed by atoms with van der Waals surface area (Å²) in [5.74, 6) is 0.295. The van der Waals surface area contributed by atoms with Gasteiger partial charge >= 0.3 is 0 Å². The van der Waals surface area contributed by atoms with Crippen molar-refractivity contribution < 1.29 is 5.11 Å². The molecule has 0 aliphatic heterocycles. The van der Waals surface area contributed by atoms with Crippen molar-refractivity contribution in [2.24, 2.45) is 0 Å². The lowest BCUT2D eigenvalue weighted by molar-refractivity contribution is 0.469. The maximum Gasteiger partial charge on any atom is 0.130 e. The summed E-state index contributed by atoms with van der Waals surface area (Å²) < 4.78 is 0. The normalized spacial score (nSPS) is 11.7. The largest absolute Gasteiger partial charge is 0.507 e. The van der Waals surface area contributed by atoms with Crippen LogP contribution >= 0.6 is 0 Å². The number of phenolic OH excluding ortho intramolecular Hbond substituents is 1.